The van der Waals surface area contributed by atoms with Gasteiger partial charge >= 0.3 is 0 Å². The first-order valence-electron chi connectivity index (χ1n) is 3.20. The molecule has 0 atom stereocenters. The molecule has 0 spiro atoms. The van der Waals surface area contributed by atoms with E-state index in [1.807, 2.05) is 0 Å². The molecule has 0 saturated heterocycles. The minimum absolute atomic E-state index is 0.254. The fourth-order valence-corrected chi connectivity index (χ4v) is 0.721. The lowest BCUT2D eigenvalue weighted by atomic mass is 10.3. The highest BCUT2D eigenvalue weighted by Gasteiger charge is 2.04. The van der Waals surface area contributed by atoms with E-state index >= 15 is 0 Å². The van der Waals surface area contributed by atoms with Crippen LogP contribution in [0.4, 0.5) is 10.1 Å². The molecule has 0 aliphatic rings. The molecule has 0 saturated carbocycles. The minimum Gasteiger partial charge on any atom is -0.368 e. The maximum Gasteiger partial charge on any atom is 0.217 e. The predicted octanol–water partition coefficient (Wildman–Crippen LogP) is 0.915. The Morgan fingerprint density at radius 3 is 2.33 bits per heavy atom. The number of hydrogen-bond donors (Lipinski definition) is 3. The monoisotopic (exact) mass is 169 g/mol. The molecule has 0 aliphatic carbocycles. The number of benzene rings is 1. The van der Waals surface area contributed by atoms with Gasteiger partial charge in [0, 0.05) is 0 Å². The Balaban J connectivity index is 2.89. The predicted molar refractivity (Wildman–Crippen MR) is 42.6 cm³/mol. The average molecular weight is 169 g/mol. The third-order valence-electron chi connectivity index (χ3n) is 1.30. The van der Waals surface area contributed by atoms with Crippen LogP contribution in [0.25, 0.3) is 0 Å². The Bertz CT molecular complexity index is 285. The van der Waals surface area contributed by atoms with Gasteiger partial charge in [0.1, 0.15) is 5.82 Å². The molecule has 4 nitrogen and oxygen atoms in total. The molecular weight excluding hydrogens is 161 g/mol. The van der Waals surface area contributed by atoms with Crippen molar-refractivity contribution in [1.82, 2.24) is 0 Å². The molecule has 12 heavy (non-hydrogen) atoms. The molecule has 1 aromatic carbocycles. The van der Waals surface area contributed by atoms with Crippen molar-refractivity contribution in [3.8, 4) is 0 Å². The average Bonchev–Trinajstić information content (AvgIpc) is 2.04. The van der Waals surface area contributed by atoms with E-state index in [2.05, 4.69) is 0 Å². The number of hydrogen-bond acceptors (Lipinski definition) is 2. The second-order valence-electron chi connectivity index (χ2n) is 2.17. The molecule has 0 bridgehead atoms. The Morgan fingerprint density at radius 2 is 1.92 bits per heavy atom. The van der Waals surface area contributed by atoms with Gasteiger partial charge in [-0.2, -0.15) is 5.06 Å². The number of nitrogens with one attached hydrogen (secondary N) is 1. The molecule has 64 valence electrons. The first-order chi connectivity index (χ1) is 5.61. The number of hydroxylamine groups is 1. The van der Waals surface area contributed by atoms with Crippen molar-refractivity contribution < 1.29 is 9.60 Å². The van der Waals surface area contributed by atoms with E-state index in [0.29, 0.717) is 5.06 Å². The van der Waals surface area contributed by atoms with Crippen LogP contribution in [0.2, 0.25) is 0 Å². The second kappa shape index (κ2) is 3.19. The Hall–Kier alpha value is -1.62. The lowest BCUT2D eigenvalue weighted by Crippen LogP contribution is -2.33. The van der Waals surface area contributed by atoms with Crippen LogP contribution in [0, 0.1) is 11.2 Å². The van der Waals surface area contributed by atoms with Crippen LogP contribution in [0.15, 0.2) is 24.3 Å². The molecule has 0 amide bonds. The lowest BCUT2D eigenvalue weighted by molar-refractivity contribution is 0.310. The van der Waals surface area contributed by atoms with Gasteiger partial charge in [-0.3, -0.25) is 10.6 Å². The van der Waals surface area contributed by atoms with Crippen LogP contribution in [0.3, 0.4) is 0 Å². The van der Waals surface area contributed by atoms with E-state index in [4.69, 9.17) is 16.4 Å². The number of anilines is 1. The second-order valence-corrected chi connectivity index (χ2v) is 2.17. The van der Waals surface area contributed by atoms with Crippen molar-refractivity contribution in [2.24, 2.45) is 5.73 Å². The highest BCUT2D eigenvalue weighted by molar-refractivity contribution is 5.89. The normalized spacial score (nSPS) is 9.50. The fraction of sp³-hybridized carbons (Fsp3) is 0. The third kappa shape index (κ3) is 1.70. The first kappa shape index (κ1) is 8.48. The van der Waals surface area contributed by atoms with Gasteiger partial charge in [-0.1, -0.05) is 0 Å². The first-order valence-corrected chi connectivity index (χ1v) is 3.20. The Labute approximate surface area is 68.5 Å². The summed E-state index contributed by atoms with van der Waals surface area (Å²) < 4.78 is 12.4. The quantitative estimate of drug-likeness (QED) is 0.332. The maximum atomic E-state index is 12.4. The van der Waals surface area contributed by atoms with Gasteiger partial charge in [-0.05, 0) is 24.3 Å². The number of halogens is 1. The molecule has 0 aliphatic heterocycles. The van der Waals surface area contributed by atoms with Crippen LogP contribution in [-0.4, -0.2) is 11.2 Å². The zero-order valence-electron chi connectivity index (χ0n) is 6.16. The number of nitrogens with two attached hydrogens (primary N) is 1. The SMILES string of the molecule is N=C(N)N(O)c1ccc(F)cc1. The molecule has 1 rings (SSSR count). The molecule has 1 aromatic rings. The number of nitrogens with zero attached hydrogens (tertiary/aromatic N) is 1. The summed E-state index contributed by atoms with van der Waals surface area (Å²) in [5, 5.41) is 16.4. The van der Waals surface area contributed by atoms with E-state index in [-0.39, 0.29) is 5.69 Å². The van der Waals surface area contributed by atoms with E-state index in [0.717, 1.165) is 0 Å². The summed E-state index contributed by atoms with van der Waals surface area (Å²) in [6.45, 7) is 0. The fourth-order valence-electron chi connectivity index (χ4n) is 0.721. The van der Waals surface area contributed by atoms with Gasteiger partial charge < -0.3 is 5.73 Å². The summed E-state index contributed by atoms with van der Waals surface area (Å²) in [5.41, 5.74) is 5.23. The Kier molecular flexibility index (Phi) is 2.25. The molecule has 4 N–H and O–H groups in total. The standard InChI is InChI=1S/C7H8FN3O/c8-5-1-3-6(4-2-5)11(12)7(9)10/h1-4,12H,(H3,9,10). The molecule has 0 unspecified atom stereocenters. The summed E-state index contributed by atoms with van der Waals surface area (Å²) in [5.74, 6) is -0.919. The maximum absolute atomic E-state index is 12.4. The van der Waals surface area contributed by atoms with Gasteiger partial charge in [-0.15, -0.1) is 0 Å². The van der Waals surface area contributed by atoms with Crippen LogP contribution >= 0.6 is 0 Å². The van der Waals surface area contributed by atoms with Gasteiger partial charge in [0.15, 0.2) is 0 Å². The zero-order chi connectivity index (χ0) is 9.14. The summed E-state index contributed by atoms with van der Waals surface area (Å²) in [7, 11) is 0. The van der Waals surface area contributed by atoms with Crippen LogP contribution in [0.1, 0.15) is 0 Å². The zero-order valence-corrected chi connectivity index (χ0v) is 6.16. The smallest absolute Gasteiger partial charge is 0.217 e. The number of rotatable bonds is 1. The topological polar surface area (TPSA) is 73.3 Å². The molecule has 0 radical (unpaired) electrons. The molecule has 0 fully saturated rings. The Morgan fingerprint density at radius 1 is 1.42 bits per heavy atom. The van der Waals surface area contributed by atoms with Crippen LogP contribution in [0.5, 0.6) is 0 Å². The van der Waals surface area contributed by atoms with E-state index in [1.165, 1.54) is 24.3 Å². The van der Waals surface area contributed by atoms with Gasteiger partial charge in [-0.25, -0.2) is 4.39 Å². The summed E-state index contributed by atoms with van der Waals surface area (Å²) in [4.78, 5) is 0. The van der Waals surface area contributed by atoms with Crippen molar-refractivity contribution in [3.63, 3.8) is 0 Å². The van der Waals surface area contributed by atoms with Gasteiger partial charge in [0.2, 0.25) is 5.96 Å². The summed E-state index contributed by atoms with van der Waals surface area (Å²) in [6.07, 6.45) is 0. The summed E-state index contributed by atoms with van der Waals surface area (Å²) >= 11 is 0. The largest absolute Gasteiger partial charge is 0.368 e. The van der Waals surface area contributed by atoms with E-state index < -0.39 is 11.8 Å². The van der Waals surface area contributed by atoms with Crippen molar-refractivity contribution >= 4 is 11.6 Å². The molecule has 0 heterocycles. The van der Waals surface area contributed by atoms with Crippen molar-refractivity contribution in [3.05, 3.63) is 30.1 Å². The van der Waals surface area contributed by atoms with Crippen LogP contribution < -0.4 is 10.8 Å². The van der Waals surface area contributed by atoms with Crippen molar-refractivity contribution in [1.29, 1.82) is 5.41 Å². The number of guanidine groups is 1. The van der Waals surface area contributed by atoms with Crippen LogP contribution in [-0.2, 0) is 0 Å². The highest BCUT2D eigenvalue weighted by atomic mass is 19.1. The van der Waals surface area contributed by atoms with E-state index in [9.17, 15) is 4.39 Å². The molecular formula is C7H8FN3O. The third-order valence-corrected chi connectivity index (χ3v) is 1.30. The van der Waals surface area contributed by atoms with Gasteiger partial charge in [0.25, 0.3) is 0 Å². The summed E-state index contributed by atoms with van der Waals surface area (Å²) in [6, 6.07) is 4.97. The minimum atomic E-state index is -0.512. The molecule has 0 aromatic heterocycles. The van der Waals surface area contributed by atoms with E-state index in [1.54, 1.807) is 0 Å². The van der Waals surface area contributed by atoms with Gasteiger partial charge in [0.05, 0.1) is 5.69 Å². The van der Waals surface area contributed by atoms with Crippen molar-refractivity contribution in [2.45, 2.75) is 0 Å². The highest BCUT2D eigenvalue weighted by Crippen LogP contribution is 2.11. The molecule has 5 heteroatoms. The lowest BCUT2D eigenvalue weighted by Gasteiger charge is -2.13. The van der Waals surface area contributed by atoms with Crippen molar-refractivity contribution in [2.75, 3.05) is 5.06 Å².